The molecule has 1 heterocycles. The van der Waals surface area contributed by atoms with Gasteiger partial charge in [-0.25, -0.2) is 5.10 Å². The summed E-state index contributed by atoms with van der Waals surface area (Å²) in [5, 5.41) is 5.90. The van der Waals surface area contributed by atoms with Gasteiger partial charge in [0.05, 0.1) is 12.3 Å². The molecule has 1 aromatic rings. The Bertz CT molecular complexity index is 351. The van der Waals surface area contributed by atoms with Crippen LogP contribution >= 0.6 is 11.6 Å². The van der Waals surface area contributed by atoms with Crippen molar-refractivity contribution in [3.63, 3.8) is 0 Å². The molecule has 0 aliphatic carbocycles. The predicted molar refractivity (Wildman–Crippen MR) is 54.9 cm³/mol. The van der Waals surface area contributed by atoms with Crippen molar-refractivity contribution in [1.29, 1.82) is 0 Å². The first kappa shape index (κ1) is 11.0. The number of rotatable bonds is 4. The maximum Gasteiger partial charge on any atom is 0.286 e. The highest BCUT2D eigenvalue weighted by molar-refractivity contribution is 6.31. The van der Waals surface area contributed by atoms with Crippen molar-refractivity contribution in [2.24, 2.45) is 0 Å². The molecule has 0 aliphatic rings. The third-order valence-electron chi connectivity index (χ3n) is 1.79. The number of halogens is 1. The van der Waals surface area contributed by atoms with Crippen LogP contribution < -0.4 is 10.3 Å². The van der Waals surface area contributed by atoms with Crippen molar-refractivity contribution in [1.82, 2.24) is 10.2 Å². The summed E-state index contributed by atoms with van der Waals surface area (Å²) >= 11 is 5.73. The fourth-order valence-corrected chi connectivity index (χ4v) is 1.27. The van der Waals surface area contributed by atoms with Crippen LogP contribution in [0.4, 0.5) is 0 Å². The number of H-pyrrole nitrogens is 1. The molecule has 14 heavy (non-hydrogen) atoms. The van der Waals surface area contributed by atoms with Crippen LogP contribution in [0, 0.1) is 0 Å². The van der Waals surface area contributed by atoms with Gasteiger partial charge in [-0.3, -0.25) is 4.79 Å². The number of aromatic amines is 1. The van der Waals surface area contributed by atoms with E-state index in [1.165, 1.54) is 6.20 Å². The number of nitrogens with zero attached hydrogens (tertiary/aromatic N) is 1. The van der Waals surface area contributed by atoms with Crippen LogP contribution in [0.5, 0.6) is 5.75 Å². The molecule has 4 nitrogen and oxygen atoms in total. The summed E-state index contributed by atoms with van der Waals surface area (Å²) in [4.78, 5) is 11.0. The van der Waals surface area contributed by atoms with Crippen LogP contribution in [0.1, 0.15) is 26.7 Å². The summed E-state index contributed by atoms with van der Waals surface area (Å²) in [7, 11) is 0. The summed E-state index contributed by atoms with van der Waals surface area (Å²) in [6.45, 7) is 4.00. The van der Waals surface area contributed by atoms with Gasteiger partial charge in [-0.15, -0.1) is 0 Å². The summed E-state index contributed by atoms with van der Waals surface area (Å²) < 4.78 is 5.45. The van der Waals surface area contributed by atoms with Crippen molar-refractivity contribution < 1.29 is 4.74 Å². The molecule has 0 fully saturated rings. The molecule has 1 N–H and O–H groups in total. The topological polar surface area (TPSA) is 55.0 Å². The highest BCUT2D eigenvalue weighted by Crippen LogP contribution is 2.19. The Labute approximate surface area is 87.2 Å². The van der Waals surface area contributed by atoms with Crippen LogP contribution in [-0.4, -0.2) is 16.3 Å². The minimum atomic E-state index is -0.423. The second-order valence-corrected chi connectivity index (χ2v) is 3.47. The van der Waals surface area contributed by atoms with Gasteiger partial charge in [0, 0.05) is 0 Å². The van der Waals surface area contributed by atoms with E-state index in [1.54, 1.807) is 0 Å². The third kappa shape index (κ3) is 2.73. The zero-order valence-corrected chi connectivity index (χ0v) is 8.97. The molecule has 0 aliphatic heterocycles. The van der Waals surface area contributed by atoms with E-state index < -0.39 is 5.56 Å². The van der Waals surface area contributed by atoms with Gasteiger partial charge in [0.2, 0.25) is 0 Å². The number of hydrogen-bond donors (Lipinski definition) is 1. The van der Waals surface area contributed by atoms with Gasteiger partial charge in [-0.2, -0.15) is 5.10 Å². The highest BCUT2D eigenvalue weighted by Gasteiger charge is 2.09. The normalized spacial score (nSPS) is 12.5. The van der Waals surface area contributed by atoms with E-state index in [9.17, 15) is 4.79 Å². The van der Waals surface area contributed by atoms with E-state index in [-0.39, 0.29) is 11.1 Å². The molecule has 0 spiro atoms. The van der Waals surface area contributed by atoms with E-state index in [0.29, 0.717) is 5.75 Å². The standard InChI is InChI=1S/C9H13ClN2O2/c1-3-4-6(2)14-7-5-11-12-9(13)8(7)10/h5-6H,3-4H2,1-2H3,(H,12,13)/t6-/m1/s1. The maximum atomic E-state index is 11.0. The molecule has 0 aromatic carbocycles. The first-order valence-corrected chi connectivity index (χ1v) is 4.92. The van der Waals surface area contributed by atoms with Crippen molar-refractivity contribution in [2.75, 3.05) is 0 Å². The van der Waals surface area contributed by atoms with Gasteiger partial charge in [-0.1, -0.05) is 24.9 Å². The van der Waals surface area contributed by atoms with E-state index >= 15 is 0 Å². The van der Waals surface area contributed by atoms with Crippen LogP contribution in [-0.2, 0) is 0 Å². The number of hydrogen-bond acceptors (Lipinski definition) is 3. The van der Waals surface area contributed by atoms with Crippen LogP contribution in [0.25, 0.3) is 0 Å². The lowest BCUT2D eigenvalue weighted by Crippen LogP contribution is -2.15. The molecule has 0 bridgehead atoms. The lowest BCUT2D eigenvalue weighted by atomic mass is 10.2. The SMILES string of the molecule is CCC[C@@H](C)Oc1cn[nH]c(=O)c1Cl. The zero-order valence-electron chi connectivity index (χ0n) is 8.21. The van der Waals surface area contributed by atoms with Gasteiger partial charge in [0.25, 0.3) is 5.56 Å². The van der Waals surface area contributed by atoms with Crippen molar-refractivity contribution in [2.45, 2.75) is 32.8 Å². The predicted octanol–water partition coefficient (Wildman–Crippen LogP) is 1.99. The van der Waals surface area contributed by atoms with Gasteiger partial charge in [0.15, 0.2) is 10.8 Å². The minimum Gasteiger partial charge on any atom is -0.487 e. The van der Waals surface area contributed by atoms with Gasteiger partial charge in [-0.05, 0) is 13.3 Å². The molecular formula is C9H13ClN2O2. The van der Waals surface area contributed by atoms with Crippen LogP contribution in [0.2, 0.25) is 5.02 Å². The fraction of sp³-hybridized carbons (Fsp3) is 0.556. The van der Waals surface area contributed by atoms with Crippen molar-refractivity contribution >= 4 is 11.6 Å². The van der Waals surface area contributed by atoms with E-state index in [2.05, 4.69) is 17.1 Å². The molecule has 0 amide bonds. The summed E-state index contributed by atoms with van der Waals surface area (Å²) in [6.07, 6.45) is 3.40. The Morgan fingerprint density at radius 3 is 3.07 bits per heavy atom. The summed E-state index contributed by atoms with van der Waals surface area (Å²) in [6, 6.07) is 0. The molecular weight excluding hydrogens is 204 g/mol. The molecule has 0 radical (unpaired) electrons. The Kier molecular flexibility index (Phi) is 3.95. The van der Waals surface area contributed by atoms with Gasteiger partial charge in [0.1, 0.15) is 0 Å². The highest BCUT2D eigenvalue weighted by atomic mass is 35.5. The second-order valence-electron chi connectivity index (χ2n) is 3.09. The third-order valence-corrected chi connectivity index (χ3v) is 2.14. The van der Waals surface area contributed by atoms with Crippen LogP contribution in [0.3, 0.4) is 0 Å². The quantitative estimate of drug-likeness (QED) is 0.838. The lowest BCUT2D eigenvalue weighted by molar-refractivity contribution is 0.208. The monoisotopic (exact) mass is 216 g/mol. The fourth-order valence-electron chi connectivity index (χ4n) is 1.13. The van der Waals surface area contributed by atoms with E-state index in [0.717, 1.165) is 12.8 Å². The first-order chi connectivity index (χ1) is 6.65. The Morgan fingerprint density at radius 2 is 2.43 bits per heavy atom. The van der Waals surface area contributed by atoms with E-state index in [4.69, 9.17) is 16.3 Å². The second kappa shape index (κ2) is 5.00. The molecule has 0 saturated carbocycles. The summed E-state index contributed by atoms with van der Waals surface area (Å²) in [5.74, 6) is 0.344. The van der Waals surface area contributed by atoms with Gasteiger partial charge >= 0.3 is 0 Å². The number of aromatic nitrogens is 2. The van der Waals surface area contributed by atoms with Gasteiger partial charge < -0.3 is 4.74 Å². The minimum absolute atomic E-state index is 0.0427. The maximum absolute atomic E-state index is 11.0. The smallest absolute Gasteiger partial charge is 0.286 e. The van der Waals surface area contributed by atoms with Crippen LogP contribution in [0.15, 0.2) is 11.0 Å². The van der Waals surface area contributed by atoms with Crippen molar-refractivity contribution in [3.05, 3.63) is 21.6 Å². The van der Waals surface area contributed by atoms with Crippen molar-refractivity contribution in [3.8, 4) is 5.75 Å². The lowest BCUT2D eigenvalue weighted by Gasteiger charge is -2.13. The zero-order chi connectivity index (χ0) is 10.6. The molecule has 78 valence electrons. The summed E-state index contributed by atoms with van der Waals surface area (Å²) in [5.41, 5.74) is -0.423. The largest absolute Gasteiger partial charge is 0.487 e. The first-order valence-electron chi connectivity index (χ1n) is 4.55. The number of nitrogens with one attached hydrogen (secondary N) is 1. The number of ether oxygens (including phenoxy) is 1. The Balaban J connectivity index is 2.76. The Morgan fingerprint density at radius 1 is 1.71 bits per heavy atom. The molecule has 1 rings (SSSR count). The molecule has 0 unspecified atom stereocenters. The molecule has 5 heteroatoms. The Hall–Kier alpha value is -1.03. The van der Waals surface area contributed by atoms with E-state index in [1.807, 2.05) is 6.92 Å². The molecule has 0 saturated heterocycles. The molecule has 1 aromatic heterocycles. The average Bonchev–Trinajstić information content (AvgIpc) is 2.13. The molecule has 1 atom stereocenters. The average molecular weight is 217 g/mol.